The molecular formula is C31H36N4S4. The van der Waals surface area contributed by atoms with E-state index in [-0.39, 0.29) is 5.41 Å². The zero-order chi connectivity index (χ0) is 27.8. The highest BCUT2D eigenvalue weighted by Crippen LogP contribution is 2.31. The standard InChI is InChI=1S/C31H36N4S4/c1-31(2,27-15-13-25(32-27)19-34(21-29(36)37)17-23-9-5-3-6-10-23)28-16-14-26(33-28)20-35(22-30(38)39)18-24-11-7-4-8-12-24/h3-16,32-33H,17-22H2,1-2H3,(H,36,37)(H,38,39). The highest BCUT2D eigenvalue weighted by Gasteiger charge is 2.27. The Morgan fingerprint density at radius 1 is 0.615 bits per heavy atom. The van der Waals surface area contributed by atoms with Crippen molar-refractivity contribution in [1.29, 1.82) is 0 Å². The second kappa shape index (κ2) is 13.9. The molecule has 0 amide bonds. The fourth-order valence-electron chi connectivity index (χ4n) is 4.82. The van der Waals surface area contributed by atoms with E-state index in [1.807, 2.05) is 12.1 Å². The van der Waals surface area contributed by atoms with Gasteiger partial charge in [-0.3, -0.25) is 9.80 Å². The van der Waals surface area contributed by atoms with Gasteiger partial charge < -0.3 is 9.97 Å². The maximum atomic E-state index is 5.32. The second-order valence-electron chi connectivity index (χ2n) is 10.5. The van der Waals surface area contributed by atoms with Crippen LogP contribution in [0.15, 0.2) is 84.9 Å². The third-order valence-corrected chi connectivity index (χ3v) is 7.38. The number of thiol groups is 2. The lowest BCUT2D eigenvalue weighted by atomic mass is 9.86. The first-order valence-corrected chi connectivity index (χ1v) is 14.7. The summed E-state index contributed by atoms with van der Waals surface area (Å²) in [5.41, 5.74) is 6.93. The summed E-state index contributed by atoms with van der Waals surface area (Å²) in [5, 5.41) is 0. The molecule has 4 aromatic rings. The molecule has 39 heavy (non-hydrogen) atoms. The van der Waals surface area contributed by atoms with Gasteiger partial charge in [-0.15, -0.1) is 25.3 Å². The van der Waals surface area contributed by atoms with E-state index in [1.165, 1.54) is 11.1 Å². The first kappa shape index (κ1) is 29.8. The summed E-state index contributed by atoms with van der Waals surface area (Å²) in [6, 6.07) is 29.7. The number of hydrogen-bond acceptors (Lipinski definition) is 4. The first-order chi connectivity index (χ1) is 18.7. The van der Waals surface area contributed by atoms with E-state index in [0.717, 1.165) is 49.0 Å². The largest absolute Gasteiger partial charge is 0.360 e. The van der Waals surface area contributed by atoms with Crippen molar-refractivity contribution < 1.29 is 0 Å². The van der Waals surface area contributed by atoms with Gasteiger partial charge in [-0.2, -0.15) is 0 Å². The number of hydrogen-bond donors (Lipinski definition) is 4. The molecule has 0 aliphatic rings. The number of rotatable bonds is 14. The minimum absolute atomic E-state index is 0.220. The third kappa shape index (κ3) is 8.90. The van der Waals surface area contributed by atoms with Gasteiger partial charge in [-0.1, -0.05) is 85.1 Å². The fraction of sp³-hybridized carbons (Fsp3) is 0.290. The molecule has 0 aliphatic carbocycles. The van der Waals surface area contributed by atoms with Crippen LogP contribution in [0, 0.1) is 0 Å². The van der Waals surface area contributed by atoms with Gasteiger partial charge in [-0.05, 0) is 49.2 Å². The Morgan fingerprint density at radius 3 is 1.36 bits per heavy atom. The Labute approximate surface area is 254 Å². The van der Waals surface area contributed by atoms with Crippen molar-refractivity contribution in [2.24, 2.45) is 0 Å². The lowest BCUT2D eigenvalue weighted by Crippen LogP contribution is -2.27. The quantitative estimate of drug-likeness (QED) is 0.0924. The van der Waals surface area contributed by atoms with Crippen LogP contribution in [-0.2, 0) is 31.6 Å². The summed E-state index contributed by atoms with van der Waals surface area (Å²) in [6.07, 6.45) is 0. The van der Waals surface area contributed by atoms with Gasteiger partial charge in [0.05, 0.1) is 8.39 Å². The van der Waals surface area contributed by atoms with Crippen molar-refractivity contribution in [3.63, 3.8) is 0 Å². The predicted molar refractivity (Wildman–Crippen MR) is 178 cm³/mol. The number of thiocarbonyl (C=S) groups is 2. The molecule has 2 heterocycles. The van der Waals surface area contributed by atoms with Crippen LogP contribution in [-0.4, -0.2) is 41.3 Å². The molecule has 0 spiro atoms. The van der Waals surface area contributed by atoms with Gasteiger partial charge in [-0.25, -0.2) is 0 Å². The molecule has 0 saturated carbocycles. The molecule has 2 aromatic heterocycles. The zero-order valence-electron chi connectivity index (χ0n) is 22.4. The number of H-pyrrole nitrogens is 2. The van der Waals surface area contributed by atoms with Crippen molar-refractivity contribution in [3.8, 4) is 0 Å². The van der Waals surface area contributed by atoms with Gasteiger partial charge in [0.25, 0.3) is 0 Å². The molecule has 204 valence electrons. The van der Waals surface area contributed by atoms with E-state index < -0.39 is 0 Å². The van der Waals surface area contributed by atoms with Crippen LogP contribution in [0.2, 0.25) is 0 Å². The highest BCUT2D eigenvalue weighted by molar-refractivity contribution is 8.11. The summed E-state index contributed by atoms with van der Waals surface area (Å²) in [5.74, 6) is 0. The van der Waals surface area contributed by atoms with E-state index >= 15 is 0 Å². The molecule has 0 unspecified atom stereocenters. The van der Waals surface area contributed by atoms with Crippen LogP contribution < -0.4 is 0 Å². The molecule has 2 N–H and O–H groups in total. The first-order valence-electron chi connectivity index (χ1n) is 13.0. The van der Waals surface area contributed by atoms with Crippen LogP contribution >= 0.6 is 49.7 Å². The Morgan fingerprint density at radius 2 is 1.00 bits per heavy atom. The maximum Gasteiger partial charge on any atom is 0.0589 e. The zero-order valence-corrected chi connectivity index (χ0v) is 25.9. The van der Waals surface area contributed by atoms with E-state index in [1.54, 1.807) is 0 Å². The summed E-state index contributed by atoms with van der Waals surface area (Å²) in [6.45, 7) is 8.95. The third-order valence-electron chi connectivity index (χ3n) is 6.84. The number of nitrogens with one attached hydrogen (secondary N) is 2. The summed E-state index contributed by atoms with van der Waals surface area (Å²) in [7, 11) is 0. The smallest absolute Gasteiger partial charge is 0.0589 e. The van der Waals surface area contributed by atoms with Crippen molar-refractivity contribution in [3.05, 3.63) is 119 Å². The van der Waals surface area contributed by atoms with E-state index in [2.05, 4.69) is 132 Å². The molecule has 2 aromatic carbocycles. The Balaban J connectivity index is 1.45. The summed E-state index contributed by atoms with van der Waals surface area (Å²) in [4.78, 5) is 12.0. The normalized spacial score (nSPS) is 11.8. The average molecular weight is 593 g/mol. The molecule has 4 rings (SSSR count). The van der Waals surface area contributed by atoms with Gasteiger partial charge in [0.2, 0.25) is 0 Å². The number of aromatic amines is 2. The number of benzene rings is 2. The molecule has 0 saturated heterocycles. The van der Waals surface area contributed by atoms with Gasteiger partial charge in [0.15, 0.2) is 0 Å². The molecule has 0 bridgehead atoms. The van der Waals surface area contributed by atoms with Crippen LogP contribution in [0.4, 0.5) is 0 Å². The fourth-order valence-corrected chi connectivity index (χ4v) is 5.59. The van der Waals surface area contributed by atoms with Crippen molar-refractivity contribution in [2.75, 3.05) is 13.1 Å². The minimum atomic E-state index is -0.220. The predicted octanol–water partition coefficient (Wildman–Crippen LogP) is 7.19. The van der Waals surface area contributed by atoms with Gasteiger partial charge >= 0.3 is 0 Å². The van der Waals surface area contributed by atoms with Crippen LogP contribution in [0.5, 0.6) is 0 Å². The lowest BCUT2D eigenvalue weighted by molar-refractivity contribution is 0.293. The van der Waals surface area contributed by atoms with Crippen molar-refractivity contribution >= 4 is 58.1 Å². The topological polar surface area (TPSA) is 38.1 Å². The monoisotopic (exact) mass is 592 g/mol. The molecule has 4 nitrogen and oxygen atoms in total. The van der Waals surface area contributed by atoms with Crippen LogP contribution in [0.3, 0.4) is 0 Å². The Hall–Kier alpha value is -2.20. The van der Waals surface area contributed by atoms with Crippen molar-refractivity contribution in [1.82, 2.24) is 19.8 Å². The summed E-state index contributed by atoms with van der Waals surface area (Å²) < 4.78 is 1.38. The van der Waals surface area contributed by atoms with Crippen LogP contribution in [0.1, 0.15) is 47.8 Å². The minimum Gasteiger partial charge on any atom is -0.360 e. The second-order valence-corrected chi connectivity index (χ2v) is 13.1. The molecule has 8 heteroatoms. The molecule has 0 atom stereocenters. The molecule has 0 aliphatic heterocycles. The SMILES string of the molecule is CC(C)(c1ccc(CN(CC(=S)S)Cc2ccccc2)[nH]1)c1ccc(CN(CC(=S)S)Cc2ccccc2)[nH]1. The summed E-state index contributed by atoms with van der Waals surface area (Å²) >= 11 is 19.4. The van der Waals surface area contributed by atoms with E-state index in [4.69, 9.17) is 24.4 Å². The van der Waals surface area contributed by atoms with E-state index in [0.29, 0.717) is 21.5 Å². The van der Waals surface area contributed by atoms with E-state index in [9.17, 15) is 0 Å². The molecule has 0 radical (unpaired) electrons. The lowest BCUT2D eigenvalue weighted by Gasteiger charge is -2.24. The van der Waals surface area contributed by atoms with Gasteiger partial charge in [0.1, 0.15) is 0 Å². The van der Waals surface area contributed by atoms with Gasteiger partial charge in [0, 0.05) is 67.5 Å². The highest BCUT2D eigenvalue weighted by atomic mass is 32.1. The Kier molecular flexibility index (Phi) is 10.6. The van der Waals surface area contributed by atoms with Crippen molar-refractivity contribution in [2.45, 2.75) is 45.4 Å². The molecular weight excluding hydrogens is 557 g/mol. The average Bonchev–Trinajstić information content (AvgIpc) is 3.55. The maximum absolute atomic E-state index is 5.32. The molecule has 0 fully saturated rings. The number of aromatic nitrogens is 2. The number of nitrogens with zero attached hydrogens (tertiary/aromatic N) is 2. The Bertz CT molecular complexity index is 1260. The van der Waals surface area contributed by atoms with Crippen LogP contribution in [0.25, 0.3) is 0 Å².